The fourth-order valence-corrected chi connectivity index (χ4v) is 9.00. The van der Waals surface area contributed by atoms with Gasteiger partial charge in [0, 0.05) is 25.5 Å². The molecule has 0 heterocycles. The summed E-state index contributed by atoms with van der Waals surface area (Å²) in [5.41, 5.74) is 8.64. The van der Waals surface area contributed by atoms with E-state index in [0.717, 1.165) is 56.9 Å². The number of esters is 1. The molecular formula is C33H39N3O5. The molecule has 0 spiro atoms. The van der Waals surface area contributed by atoms with Gasteiger partial charge in [-0.2, -0.15) is 5.26 Å². The van der Waals surface area contributed by atoms with Gasteiger partial charge in [0.15, 0.2) is 0 Å². The number of ether oxygens (including phenoxy) is 1. The van der Waals surface area contributed by atoms with Crippen LogP contribution in [0.5, 0.6) is 0 Å². The van der Waals surface area contributed by atoms with E-state index >= 15 is 0 Å². The topological polar surface area (TPSA) is 136 Å². The molecule has 1 aromatic rings. The van der Waals surface area contributed by atoms with Crippen molar-refractivity contribution in [3.8, 4) is 6.07 Å². The first kappa shape index (κ1) is 28.8. The molecule has 4 aliphatic rings. The molecule has 216 valence electrons. The average Bonchev–Trinajstić information content (AvgIpc) is 3.28. The minimum absolute atomic E-state index is 0.00116. The highest BCUT2D eigenvalue weighted by molar-refractivity contribution is 5.97. The predicted molar refractivity (Wildman–Crippen MR) is 155 cm³/mol. The highest BCUT2D eigenvalue weighted by atomic mass is 16.6. The number of fused-ring (bicyclic) bond motifs is 5. The van der Waals surface area contributed by atoms with Crippen molar-refractivity contribution >= 4 is 23.6 Å². The number of benzene rings is 1. The summed E-state index contributed by atoms with van der Waals surface area (Å²) in [5, 5.41) is 21.0. The predicted octanol–water partition coefficient (Wildman–Crippen LogP) is 6.42. The molecule has 41 heavy (non-hydrogen) atoms. The van der Waals surface area contributed by atoms with Crippen LogP contribution in [0, 0.1) is 55.9 Å². The van der Waals surface area contributed by atoms with Crippen LogP contribution in [0.25, 0.3) is 6.08 Å². The lowest BCUT2D eigenvalue weighted by atomic mass is 9.47. The maximum atomic E-state index is 12.4. The molecule has 3 saturated carbocycles. The van der Waals surface area contributed by atoms with Crippen LogP contribution in [0.15, 0.2) is 53.1 Å². The molecule has 0 aromatic heterocycles. The van der Waals surface area contributed by atoms with E-state index in [-0.39, 0.29) is 40.1 Å². The largest absolute Gasteiger partial charge is 0.462 e. The first-order valence-corrected chi connectivity index (χ1v) is 14.7. The number of rotatable bonds is 6. The van der Waals surface area contributed by atoms with Gasteiger partial charge in [0.05, 0.1) is 4.92 Å². The number of non-ortho nitro benzene ring substituents is 1. The average molecular weight is 558 g/mol. The van der Waals surface area contributed by atoms with Crippen LogP contribution < -0.4 is 5.73 Å². The number of allylic oxidation sites excluding steroid dienone is 3. The molecule has 0 unspecified atom stereocenters. The van der Waals surface area contributed by atoms with E-state index in [2.05, 4.69) is 26.0 Å². The van der Waals surface area contributed by atoms with E-state index in [1.165, 1.54) is 24.6 Å². The Morgan fingerprint density at radius 2 is 1.85 bits per heavy atom. The molecule has 3 fully saturated rings. The number of carbonyl (C=O) groups is 2. The molecule has 2 N–H and O–H groups in total. The second-order valence-corrected chi connectivity index (χ2v) is 12.9. The zero-order valence-electron chi connectivity index (χ0n) is 24.1. The van der Waals surface area contributed by atoms with Gasteiger partial charge in [-0.15, -0.1) is 0 Å². The molecule has 8 heteroatoms. The van der Waals surface area contributed by atoms with Crippen LogP contribution in [-0.2, 0) is 14.3 Å². The molecule has 0 radical (unpaired) electrons. The van der Waals surface area contributed by atoms with E-state index in [4.69, 9.17) is 10.5 Å². The van der Waals surface area contributed by atoms with Crippen LogP contribution in [0.1, 0.15) is 77.7 Å². The number of amides is 1. The van der Waals surface area contributed by atoms with Gasteiger partial charge in [-0.3, -0.25) is 19.7 Å². The number of nitrogens with two attached hydrogens (primary N) is 1. The lowest BCUT2D eigenvalue weighted by molar-refractivity contribution is -0.384. The van der Waals surface area contributed by atoms with Crippen molar-refractivity contribution in [3.63, 3.8) is 0 Å². The number of nitro benzene ring substituents is 1. The van der Waals surface area contributed by atoms with Crippen LogP contribution in [0.2, 0.25) is 0 Å². The number of nitro groups is 1. The van der Waals surface area contributed by atoms with Crippen molar-refractivity contribution in [1.29, 1.82) is 5.26 Å². The Kier molecular flexibility index (Phi) is 7.67. The van der Waals surface area contributed by atoms with Gasteiger partial charge in [0.2, 0.25) is 0 Å². The number of hydrogen-bond donors (Lipinski definition) is 1. The third-order valence-corrected chi connectivity index (χ3v) is 11.0. The Bertz CT molecular complexity index is 1390. The smallest absolute Gasteiger partial charge is 0.302 e. The zero-order chi connectivity index (χ0) is 29.5. The van der Waals surface area contributed by atoms with Gasteiger partial charge >= 0.3 is 5.97 Å². The van der Waals surface area contributed by atoms with Gasteiger partial charge in [-0.05, 0) is 103 Å². The van der Waals surface area contributed by atoms with Crippen molar-refractivity contribution in [3.05, 3.63) is 68.8 Å². The standard InChI is InChI=1S/C33H39N3O5/c1-20(37)41-24-14-16-32(2)22(18-24)7-11-26-29-13-12-28(33(29,3)17-15-30(26)32)25(27(19-34)31(35)38)10-6-21-4-8-23(9-5-21)36(39)40/h4-10,24,26,28-30H,11-18H2,1-3H3,(H2,35,38)/b10-6+,27-25+/t24-,26-,28+,29-,30-,32-,33+/m0/s1. The van der Waals surface area contributed by atoms with E-state index in [0.29, 0.717) is 23.3 Å². The molecule has 8 nitrogen and oxygen atoms in total. The molecule has 1 amide bonds. The van der Waals surface area contributed by atoms with E-state index in [1.807, 2.05) is 12.2 Å². The number of nitriles is 1. The maximum Gasteiger partial charge on any atom is 0.302 e. The second-order valence-electron chi connectivity index (χ2n) is 12.9. The van der Waals surface area contributed by atoms with Crippen molar-refractivity contribution in [1.82, 2.24) is 0 Å². The molecule has 4 aliphatic carbocycles. The Morgan fingerprint density at radius 3 is 2.49 bits per heavy atom. The van der Waals surface area contributed by atoms with Crippen molar-refractivity contribution in [2.75, 3.05) is 0 Å². The summed E-state index contributed by atoms with van der Waals surface area (Å²) in [7, 11) is 0. The molecule has 5 rings (SSSR count). The quantitative estimate of drug-likeness (QED) is 0.0815. The maximum absolute atomic E-state index is 12.4. The third-order valence-electron chi connectivity index (χ3n) is 11.0. The summed E-state index contributed by atoms with van der Waals surface area (Å²) in [6.07, 6.45) is 13.8. The highest BCUT2D eigenvalue weighted by Crippen LogP contribution is 2.67. The van der Waals surface area contributed by atoms with Gasteiger partial charge in [-0.25, -0.2) is 0 Å². The van der Waals surface area contributed by atoms with E-state index < -0.39 is 10.8 Å². The Hall–Kier alpha value is -3.73. The minimum atomic E-state index is -0.723. The van der Waals surface area contributed by atoms with Crippen LogP contribution in [0.4, 0.5) is 5.69 Å². The summed E-state index contributed by atoms with van der Waals surface area (Å²) >= 11 is 0. The Labute approximate surface area is 241 Å². The van der Waals surface area contributed by atoms with Gasteiger partial charge in [0.25, 0.3) is 11.6 Å². The molecule has 7 atom stereocenters. The number of hydrogen-bond acceptors (Lipinski definition) is 6. The first-order valence-electron chi connectivity index (χ1n) is 14.7. The zero-order valence-corrected chi connectivity index (χ0v) is 24.1. The van der Waals surface area contributed by atoms with Gasteiger partial charge in [0.1, 0.15) is 17.7 Å². The molecule has 0 saturated heterocycles. The van der Waals surface area contributed by atoms with Crippen LogP contribution >= 0.6 is 0 Å². The fourth-order valence-electron chi connectivity index (χ4n) is 9.00. The normalized spacial score (nSPS) is 34.8. The summed E-state index contributed by atoms with van der Waals surface area (Å²) < 4.78 is 5.59. The summed E-state index contributed by atoms with van der Waals surface area (Å²) in [5.74, 6) is 0.630. The molecular weight excluding hydrogens is 518 g/mol. The number of primary amides is 1. The fraction of sp³-hybridized carbons (Fsp3) is 0.545. The second kappa shape index (κ2) is 10.9. The summed E-state index contributed by atoms with van der Waals surface area (Å²) in [6, 6.07) is 8.30. The first-order chi connectivity index (χ1) is 19.5. The van der Waals surface area contributed by atoms with Crippen molar-refractivity contribution < 1.29 is 19.2 Å². The van der Waals surface area contributed by atoms with Crippen LogP contribution in [0.3, 0.4) is 0 Å². The molecule has 0 aliphatic heterocycles. The number of carbonyl (C=O) groups excluding carboxylic acids is 2. The molecule has 0 bridgehead atoms. The molecule has 1 aromatic carbocycles. The van der Waals surface area contributed by atoms with Gasteiger partial charge in [-0.1, -0.05) is 37.6 Å². The van der Waals surface area contributed by atoms with E-state index in [1.54, 1.807) is 12.1 Å². The minimum Gasteiger partial charge on any atom is -0.462 e. The van der Waals surface area contributed by atoms with E-state index in [9.17, 15) is 25.0 Å². The Balaban J connectivity index is 1.44. The number of nitrogens with zero attached hydrogens (tertiary/aromatic N) is 2. The monoisotopic (exact) mass is 557 g/mol. The third kappa shape index (κ3) is 5.11. The Morgan fingerprint density at radius 1 is 1.12 bits per heavy atom. The lowest BCUT2D eigenvalue weighted by Gasteiger charge is -2.58. The summed E-state index contributed by atoms with van der Waals surface area (Å²) in [4.78, 5) is 34.6. The SMILES string of the molecule is CC(=O)O[C@H]1CC[C@@]2(C)C(=CC[C@H]3[C@@H]4CC[C@H](C(/C=C/c5ccc([N+](=O)[O-])cc5)=C(\C#N)C(N)=O)[C@@]4(C)CC[C@@H]32)C1. The van der Waals surface area contributed by atoms with Gasteiger partial charge < -0.3 is 10.5 Å². The van der Waals surface area contributed by atoms with Crippen molar-refractivity contribution in [2.24, 2.45) is 40.2 Å². The van der Waals surface area contributed by atoms with Crippen LogP contribution in [-0.4, -0.2) is 22.9 Å². The lowest BCUT2D eigenvalue weighted by Crippen LogP contribution is -2.50. The highest BCUT2D eigenvalue weighted by Gasteiger charge is 2.59. The summed E-state index contributed by atoms with van der Waals surface area (Å²) in [6.45, 7) is 6.23. The van der Waals surface area contributed by atoms with Crippen molar-refractivity contribution in [2.45, 2.75) is 78.2 Å².